The minimum Gasteiger partial charge on any atom is -0.454 e. The van der Waals surface area contributed by atoms with Crippen LogP contribution in [0.1, 0.15) is 48.1 Å². The van der Waals surface area contributed by atoms with E-state index in [4.69, 9.17) is 4.42 Å². The molecular formula is C24H23N3O3S. The van der Waals surface area contributed by atoms with E-state index in [0.29, 0.717) is 16.8 Å². The van der Waals surface area contributed by atoms with Gasteiger partial charge in [-0.1, -0.05) is 44.2 Å². The molecule has 0 bridgehead atoms. The van der Waals surface area contributed by atoms with Crippen LogP contribution < -0.4 is 10.9 Å². The van der Waals surface area contributed by atoms with Gasteiger partial charge in [-0.25, -0.2) is 4.98 Å². The number of aromatic nitrogens is 2. The molecule has 6 nitrogen and oxygen atoms in total. The number of nitrogens with one attached hydrogen (secondary N) is 1. The van der Waals surface area contributed by atoms with E-state index in [1.54, 1.807) is 30.5 Å². The van der Waals surface area contributed by atoms with Crippen LogP contribution in [0.2, 0.25) is 0 Å². The van der Waals surface area contributed by atoms with E-state index in [-0.39, 0.29) is 23.8 Å². The van der Waals surface area contributed by atoms with Gasteiger partial charge in [0.2, 0.25) is 0 Å². The van der Waals surface area contributed by atoms with E-state index in [1.165, 1.54) is 27.5 Å². The Morgan fingerprint density at radius 2 is 1.97 bits per heavy atom. The van der Waals surface area contributed by atoms with Gasteiger partial charge in [0, 0.05) is 23.2 Å². The molecule has 0 saturated heterocycles. The molecule has 4 aromatic rings. The number of nitrogens with zero attached hydrogens (tertiary/aromatic N) is 2. The number of amides is 1. The maximum absolute atomic E-state index is 12.5. The third kappa shape index (κ3) is 4.83. The Hall–Kier alpha value is -3.45. The smallest absolute Gasteiger partial charge is 0.293 e. The fourth-order valence-electron chi connectivity index (χ4n) is 3.18. The number of carbonyl (C=O) groups excluding carboxylic acids is 1. The van der Waals surface area contributed by atoms with E-state index in [0.717, 1.165) is 17.7 Å². The molecule has 3 aromatic heterocycles. The van der Waals surface area contributed by atoms with Crippen LogP contribution in [0, 0.1) is 0 Å². The Bertz CT molecular complexity index is 1240. The van der Waals surface area contributed by atoms with Gasteiger partial charge in [0.05, 0.1) is 12.2 Å². The quantitative estimate of drug-likeness (QED) is 0.425. The van der Waals surface area contributed by atoms with Gasteiger partial charge in [-0.15, -0.1) is 11.3 Å². The molecule has 7 heteroatoms. The zero-order chi connectivity index (χ0) is 21.8. The lowest BCUT2D eigenvalue weighted by atomic mass is 9.97. The minimum absolute atomic E-state index is 0.127. The van der Waals surface area contributed by atoms with Crippen LogP contribution in [0.3, 0.4) is 0 Å². The van der Waals surface area contributed by atoms with Gasteiger partial charge in [0.15, 0.2) is 10.9 Å². The Kier molecular flexibility index (Phi) is 6.13. The third-order valence-electron chi connectivity index (χ3n) is 5.22. The lowest BCUT2D eigenvalue weighted by Gasteiger charge is -2.08. The van der Waals surface area contributed by atoms with Crippen molar-refractivity contribution >= 4 is 22.4 Å². The number of hydrogen-bond acceptors (Lipinski definition) is 5. The number of hydrogen-bond donors (Lipinski definition) is 1. The van der Waals surface area contributed by atoms with E-state index in [1.807, 2.05) is 5.38 Å². The molecular weight excluding hydrogens is 410 g/mol. The van der Waals surface area contributed by atoms with Crippen molar-refractivity contribution in [1.29, 1.82) is 0 Å². The zero-order valence-electron chi connectivity index (χ0n) is 17.4. The summed E-state index contributed by atoms with van der Waals surface area (Å²) in [5.74, 6) is 0.853. The van der Waals surface area contributed by atoms with Crippen LogP contribution >= 0.6 is 11.3 Å². The SMILES string of the molecule is CCC(C)c1ccc(-c2csc(NC(=O)c3ccc(Cn4ccccc4=O)o3)n2)cc1. The van der Waals surface area contributed by atoms with Crippen LogP contribution in [-0.4, -0.2) is 15.5 Å². The zero-order valence-corrected chi connectivity index (χ0v) is 18.2. The number of benzene rings is 1. The van der Waals surface area contributed by atoms with Gasteiger partial charge in [-0.3, -0.25) is 14.9 Å². The molecule has 1 atom stereocenters. The fraction of sp³-hybridized carbons (Fsp3) is 0.208. The van der Waals surface area contributed by atoms with Gasteiger partial charge >= 0.3 is 0 Å². The first kappa shape index (κ1) is 20.8. The number of carbonyl (C=O) groups is 1. The summed E-state index contributed by atoms with van der Waals surface area (Å²) in [7, 11) is 0. The molecule has 1 unspecified atom stereocenters. The molecule has 1 amide bonds. The summed E-state index contributed by atoms with van der Waals surface area (Å²) in [5, 5.41) is 5.20. The fourth-order valence-corrected chi connectivity index (χ4v) is 3.90. The van der Waals surface area contributed by atoms with Crippen LogP contribution in [0.4, 0.5) is 5.13 Å². The molecule has 158 valence electrons. The van der Waals surface area contributed by atoms with Crippen LogP contribution in [0.15, 0.2) is 75.4 Å². The summed E-state index contributed by atoms with van der Waals surface area (Å²) in [5.41, 5.74) is 3.01. The summed E-state index contributed by atoms with van der Waals surface area (Å²) in [6.07, 6.45) is 2.78. The van der Waals surface area contributed by atoms with Gasteiger partial charge in [0.1, 0.15) is 5.76 Å². The number of pyridine rings is 1. The first-order chi connectivity index (χ1) is 15.0. The average molecular weight is 434 g/mol. The molecule has 0 spiro atoms. The van der Waals surface area contributed by atoms with Crippen molar-refractivity contribution in [2.24, 2.45) is 0 Å². The number of thiazole rings is 1. The molecule has 0 radical (unpaired) electrons. The summed E-state index contributed by atoms with van der Waals surface area (Å²) >= 11 is 1.36. The molecule has 3 heterocycles. The Morgan fingerprint density at radius 1 is 1.16 bits per heavy atom. The second-order valence-electron chi connectivity index (χ2n) is 7.36. The summed E-state index contributed by atoms with van der Waals surface area (Å²) in [4.78, 5) is 28.9. The largest absolute Gasteiger partial charge is 0.454 e. The summed E-state index contributed by atoms with van der Waals surface area (Å²) < 4.78 is 7.13. The highest BCUT2D eigenvalue weighted by atomic mass is 32.1. The van der Waals surface area contributed by atoms with E-state index >= 15 is 0 Å². The van der Waals surface area contributed by atoms with Crippen molar-refractivity contribution in [3.8, 4) is 11.3 Å². The maximum atomic E-state index is 12.5. The maximum Gasteiger partial charge on any atom is 0.293 e. The molecule has 0 fully saturated rings. The van der Waals surface area contributed by atoms with Gasteiger partial charge in [0.25, 0.3) is 11.5 Å². The molecule has 1 N–H and O–H groups in total. The van der Waals surface area contributed by atoms with E-state index < -0.39 is 0 Å². The van der Waals surface area contributed by atoms with E-state index in [2.05, 4.69) is 48.4 Å². The van der Waals surface area contributed by atoms with E-state index in [9.17, 15) is 9.59 Å². The third-order valence-corrected chi connectivity index (χ3v) is 5.98. The highest BCUT2D eigenvalue weighted by Gasteiger charge is 2.14. The average Bonchev–Trinajstić information content (AvgIpc) is 3.45. The molecule has 4 rings (SSSR count). The van der Waals surface area contributed by atoms with Gasteiger partial charge in [-0.05, 0) is 36.1 Å². The predicted molar refractivity (Wildman–Crippen MR) is 123 cm³/mol. The standard InChI is InChI=1S/C24H23N3O3S/c1-3-16(2)17-7-9-18(10-8-17)20-15-31-24(25-20)26-23(29)21-12-11-19(30-21)14-27-13-5-4-6-22(27)28/h4-13,15-16H,3,14H2,1-2H3,(H,25,26,29). The van der Waals surface area contributed by atoms with Crippen LogP contribution in [-0.2, 0) is 6.54 Å². The van der Waals surface area contributed by atoms with Crippen molar-refractivity contribution in [2.45, 2.75) is 32.7 Å². The van der Waals surface area contributed by atoms with Crippen LogP contribution in [0.25, 0.3) is 11.3 Å². The molecule has 31 heavy (non-hydrogen) atoms. The number of furan rings is 1. The molecule has 1 aromatic carbocycles. The molecule has 0 aliphatic carbocycles. The second kappa shape index (κ2) is 9.14. The van der Waals surface area contributed by atoms with Crippen molar-refractivity contribution < 1.29 is 9.21 Å². The first-order valence-corrected chi connectivity index (χ1v) is 11.0. The van der Waals surface area contributed by atoms with Gasteiger partial charge < -0.3 is 8.98 Å². The van der Waals surface area contributed by atoms with Crippen molar-refractivity contribution in [3.05, 3.63) is 93.6 Å². The predicted octanol–water partition coefficient (Wildman–Crippen LogP) is 5.38. The number of anilines is 1. The van der Waals surface area contributed by atoms with Crippen LogP contribution in [0.5, 0.6) is 0 Å². The Morgan fingerprint density at radius 3 is 2.71 bits per heavy atom. The summed E-state index contributed by atoms with van der Waals surface area (Å²) in [6, 6.07) is 16.6. The highest BCUT2D eigenvalue weighted by Crippen LogP contribution is 2.27. The lowest BCUT2D eigenvalue weighted by Crippen LogP contribution is -2.18. The first-order valence-electron chi connectivity index (χ1n) is 10.1. The van der Waals surface area contributed by atoms with Gasteiger partial charge in [-0.2, -0.15) is 0 Å². The Balaban J connectivity index is 1.42. The number of rotatable bonds is 7. The highest BCUT2D eigenvalue weighted by molar-refractivity contribution is 7.14. The topological polar surface area (TPSA) is 77.1 Å². The van der Waals surface area contributed by atoms with Crippen molar-refractivity contribution in [1.82, 2.24) is 9.55 Å². The summed E-state index contributed by atoms with van der Waals surface area (Å²) in [6.45, 7) is 4.65. The molecule has 0 aliphatic rings. The normalized spacial score (nSPS) is 11.9. The van der Waals surface area contributed by atoms with Crippen molar-refractivity contribution in [3.63, 3.8) is 0 Å². The lowest BCUT2D eigenvalue weighted by molar-refractivity contribution is 0.0994. The molecule has 0 saturated carbocycles. The van der Waals surface area contributed by atoms with Crippen molar-refractivity contribution in [2.75, 3.05) is 5.32 Å². The monoisotopic (exact) mass is 433 g/mol. The molecule has 0 aliphatic heterocycles. The Labute approximate surface area is 184 Å². The second-order valence-corrected chi connectivity index (χ2v) is 8.21. The minimum atomic E-state index is -0.375.